The molecule has 112 valence electrons. The van der Waals surface area contributed by atoms with Crippen molar-refractivity contribution in [3.63, 3.8) is 0 Å². The summed E-state index contributed by atoms with van der Waals surface area (Å²) in [4.78, 5) is 0. The molecule has 7 nitrogen and oxygen atoms in total. The summed E-state index contributed by atoms with van der Waals surface area (Å²) in [6.45, 7) is 3.28. The Morgan fingerprint density at radius 3 is 2.76 bits per heavy atom. The second-order valence-electron chi connectivity index (χ2n) is 4.79. The Morgan fingerprint density at radius 2 is 1.95 bits per heavy atom. The molecular formula is C14H18N4O3. The van der Waals surface area contributed by atoms with Gasteiger partial charge in [0.1, 0.15) is 0 Å². The number of aromatic nitrogens is 2. The van der Waals surface area contributed by atoms with Crippen molar-refractivity contribution in [2.75, 3.05) is 25.6 Å². The molecule has 0 fully saturated rings. The highest BCUT2D eigenvalue weighted by atomic mass is 16.5. The molecule has 0 spiro atoms. The summed E-state index contributed by atoms with van der Waals surface area (Å²) in [5.41, 5.74) is 0.812. The molecule has 2 aromatic rings. The minimum Gasteiger partial charge on any atom is -0.490 e. The number of hydrogen-bond acceptors (Lipinski definition) is 7. The lowest BCUT2D eigenvalue weighted by Gasteiger charge is -2.09. The van der Waals surface area contributed by atoms with Gasteiger partial charge in [-0.2, -0.15) is 0 Å². The van der Waals surface area contributed by atoms with Crippen LogP contribution in [0, 0.1) is 0 Å². The first-order valence-electron chi connectivity index (χ1n) is 6.93. The van der Waals surface area contributed by atoms with Gasteiger partial charge in [0.25, 0.3) is 0 Å². The molecule has 0 saturated heterocycles. The lowest BCUT2D eigenvalue weighted by molar-refractivity contribution is 0.297. The monoisotopic (exact) mass is 290 g/mol. The molecule has 0 saturated carbocycles. The summed E-state index contributed by atoms with van der Waals surface area (Å²) in [7, 11) is 1.84. The summed E-state index contributed by atoms with van der Waals surface area (Å²) < 4.78 is 16.8. The Hall–Kier alpha value is -2.28. The van der Waals surface area contributed by atoms with Crippen molar-refractivity contribution in [1.82, 2.24) is 15.5 Å². The molecule has 1 aromatic carbocycles. The maximum Gasteiger partial charge on any atom is 0.320 e. The van der Waals surface area contributed by atoms with Crippen molar-refractivity contribution in [2.24, 2.45) is 0 Å². The van der Waals surface area contributed by atoms with E-state index in [0.717, 1.165) is 23.6 Å². The summed E-state index contributed by atoms with van der Waals surface area (Å²) in [5.74, 6) is 2.02. The number of nitrogens with zero attached hydrogens (tertiary/aromatic N) is 2. The Kier molecular flexibility index (Phi) is 3.92. The van der Waals surface area contributed by atoms with E-state index in [4.69, 9.17) is 13.9 Å². The van der Waals surface area contributed by atoms with Crippen LogP contribution < -0.4 is 20.1 Å². The van der Waals surface area contributed by atoms with E-state index in [9.17, 15) is 0 Å². The second kappa shape index (κ2) is 6.01. The third kappa shape index (κ3) is 3.08. The highest BCUT2D eigenvalue weighted by molar-refractivity contribution is 5.59. The van der Waals surface area contributed by atoms with Gasteiger partial charge in [0.15, 0.2) is 11.5 Å². The van der Waals surface area contributed by atoms with Crippen molar-refractivity contribution in [3.8, 4) is 11.5 Å². The second-order valence-corrected chi connectivity index (χ2v) is 4.79. The number of anilines is 2. The van der Waals surface area contributed by atoms with Crippen LogP contribution in [0.5, 0.6) is 11.5 Å². The van der Waals surface area contributed by atoms with Gasteiger partial charge in [-0.1, -0.05) is 5.10 Å². The van der Waals surface area contributed by atoms with Crippen molar-refractivity contribution in [1.29, 1.82) is 0 Å². The molecule has 1 aliphatic rings. The zero-order valence-electron chi connectivity index (χ0n) is 12.0. The van der Waals surface area contributed by atoms with E-state index >= 15 is 0 Å². The van der Waals surface area contributed by atoms with Gasteiger partial charge in [0, 0.05) is 18.2 Å². The molecule has 1 unspecified atom stereocenters. The van der Waals surface area contributed by atoms with Crippen molar-refractivity contribution >= 4 is 11.7 Å². The van der Waals surface area contributed by atoms with E-state index in [1.54, 1.807) is 0 Å². The predicted octanol–water partition coefficient (Wildman–Crippen LogP) is 2.25. The van der Waals surface area contributed by atoms with E-state index in [0.29, 0.717) is 25.1 Å². The molecule has 2 N–H and O–H groups in total. The van der Waals surface area contributed by atoms with Crippen LogP contribution in [0.1, 0.15) is 25.3 Å². The Bertz CT molecular complexity index is 614. The van der Waals surface area contributed by atoms with Crippen molar-refractivity contribution < 1.29 is 13.9 Å². The molecule has 0 amide bonds. The zero-order chi connectivity index (χ0) is 14.7. The van der Waals surface area contributed by atoms with Crippen LogP contribution in [0.4, 0.5) is 11.7 Å². The summed E-state index contributed by atoms with van der Waals surface area (Å²) in [5, 5.41) is 14.1. The topological polar surface area (TPSA) is 81.4 Å². The molecule has 1 atom stereocenters. The number of ether oxygens (including phenoxy) is 2. The van der Waals surface area contributed by atoms with Crippen LogP contribution >= 0.6 is 0 Å². The normalized spacial score (nSPS) is 15.3. The van der Waals surface area contributed by atoms with Crippen LogP contribution in [0.3, 0.4) is 0 Å². The van der Waals surface area contributed by atoms with Gasteiger partial charge in [0.05, 0.1) is 19.3 Å². The highest BCUT2D eigenvalue weighted by Gasteiger charge is 2.14. The van der Waals surface area contributed by atoms with Gasteiger partial charge < -0.3 is 24.5 Å². The largest absolute Gasteiger partial charge is 0.490 e. The van der Waals surface area contributed by atoms with Crippen LogP contribution in [0.15, 0.2) is 22.6 Å². The molecular weight excluding hydrogens is 272 g/mol. The molecule has 0 aliphatic carbocycles. The SMILES string of the molecule is CNC(C)c1nnc(Nc2ccc3c(c2)OCCCO3)o1. The molecule has 1 aromatic heterocycles. The first-order chi connectivity index (χ1) is 10.3. The van der Waals surface area contributed by atoms with E-state index < -0.39 is 0 Å². The molecule has 1 aliphatic heterocycles. The molecule has 7 heteroatoms. The summed E-state index contributed by atoms with van der Waals surface area (Å²) in [6, 6.07) is 5.99. The van der Waals surface area contributed by atoms with Gasteiger partial charge in [-0.05, 0) is 26.1 Å². The van der Waals surface area contributed by atoms with Crippen molar-refractivity contribution in [3.05, 3.63) is 24.1 Å². The number of benzene rings is 1. The number of fused-ring (bicyclic) bond motifs is 1. The number of hydrogen-bond donors (Lipinski definition) is 2. The fourth-order valence-corrected chi connectivity index (χ4v) is 1.95. The molecule has 0 bridgehead atoms. The van der Waals surface area contributed by atoms with Crippen LogP contribution in [-0.4, -0.2) is 30.5 Å². The van der Waals surface area contributed by atoms with E-state index in [1.165, 1.54) is 0 Å². The standard InChI is InChI=1S/C14H18N4O3/c1-9(15-2)13-17-18-14(21-13)16-10-4-5-11-12(8-10)20-7-3-6-19-11/h4-5,8-9,15H,3,6-7H2,1-2H3,(H,16,18). The van der Waals surface area contributed by atoms with E-state index in [-0.39, 0.29) is 6.04 Å². The lowest BCUT2D eigenvalue weighted by Crippen LogP contribution is -2.12. The molecule has 21 heavy (non-hydrogen) atoms. The average molecular weight is 290 g/mol. The third-order valence-corrected chi connectivity index (χ3v) is 3.24. The molecule has 0 radical (unpaired) electrons. The lowest BCUT2D eigenvalue weighted by atomic mass is 10.3. The summed E-state index contributed by atoms with van der Waals surface area (Å²) in [6.07, 6.45) is 0.881. The van der Waals surface area contributed by atoms with Gasteiger partial charge >= 0.3 is 6.01 Å². The van der Waals surface area contributed by atoms with Crippen LogP contribution in [0.2, 0.25) is 0 Å². The first-order valence-corrected chi connectivity index (χ1v) is 6.93. The molecule has 2 heterocycles. The van der Waals surface area contributed by atoms with Gasteiger partial charge in [-0.25, -0.2) is 0 Å². The fourth-order valence-electron chi connectivity index (χ4n) is 1.95. The Labute approximate surface area is 122 Å². The zero-order valence-corrected chi connectivity index (χ0v) is 12.0. The van der Waals surface area contributed by atoms with Gasteiger partial charge in [-0.15, -0.1) is 5.10 Å². The predicted molar refractivity (Wildman–Crippen MR) is 77.1 cm³/mol. The Morgan fingerprint density at radius 1 is 1.14 bits per heavy atom. The van der Waals surface area contributed by atoms with Crippen molar-refractivity contribution in [2.45, 2.75) is 19.4 Å². The highest BCUT2D eigenvalue weighted by Crippen LogP contribution is 2.33. The first kappa shape index (κ1) is 13.7. The molecule has 3 rings (SSSR count). The van der Waals surface area contributed by atoms with Crippen LogP contribution in [0.25, 0.3) is 0 Å². The smallest absolute Gasteiger partial charge is 0.320 e. The minimum absolute atomic E-state index is 0.0110. The number of nitrogens with one attached hydrogen (secondary N) is 2. The van der Waals surface area contributed by atoms with E-state index in [1.807, 2.05) is 32.2 Å². The fraction of sp³-hybridized carbons (Fsp3) is 0.429. The average Bonchev–Trinajstić information content (AvgIpc) is 2.83. The van der Waals surface area contributed by atoms with Gasteiger partial charge in [0.2, 0.25) is 5.89 Å². The summed E-state index contributed by atoms with van der Waals surface area (Å²) >= 11 is 0. The maximum atomic E-state index is 5.65. The minimum atomic E-state index is 0.0110. The van der Waals surface area contributed by atoms with E-state index in [2.05, 4.69) is 20.8 Å². The quantitative estimate of drug-likeness (QED) is 0.893. The third-order valence-electron chi connectivity index (χ3n) is 3.24. The Balaban J connectivity index is 1.75. The maximum absolute atomic E-state index is 5.65. The number of rotatable bonds is 4. The van der Waals surface area contributed by atoms with Gasteiger partial charge in [-0.3, -0.25) is 0 Å². The van der Waals surface area contributed by atoms with Crippen LogP contribution in [-0.2, 0) is 0 Å².